The number of hydrogen-bond acceptors (Lipinski definition) is 2. The van der Waals surface area contributed by atoms with Gasteiger partial charge in [0.05, 0.1) is 5.92 Å². The van der Waals surface area contributed by atoms with Gasteiger partial charge in [0.1, 0.15) is 0 Å². The maximum absolute atomic E-state index is 12.1. The molecular weight excluding hydrogens is 171 g/mol. The Labute approximate surface area is 67.2 Å². The number of allylic oxidation sites excluding steroid dienone is 2. The van der Waals surface area contributed by atoms with Crippen LogP contribution in [0.3, 0.4) is 0 Å². The summed E-state index contributed by atoms with van der Waals surface area (Å²) in [6.45, 7) is 0. The van der Waals surface area contributed by atoms with Crippen molar-refractivity contribution in [1.29, 1.82) is 0 Å². The van der Waals surface area contributed by atoms with E-state index in [0.29, 0.717) is 0 Å². The summed E-state index contributed by atoms with van der Waals surface area (Å²) in [5, 5.41) is 0. The lowest BCUT2D eigenvalue weighted by molar-refractivity contribution is -0.178. The Balaban J connectivity index is 2.74. The van der Waals surface area contributed by atoms with Crippen molar-refractivity contribution in [3.8, 4) is 0 Å². The summed E-state index contributed by atoms with van der Waals surface area (Å²) in [5.74, 6) is -2.13. The molecule has 2 N–H and O–H groups in total. The van der Waals surface area contributed by atoms with Gasteiger partial charge in [0, 0.05) is 12.1 Å². The Morgan fingerprint density at radius 1 is 1.42 bits per heavy atom. The molecule has 0 amide bonds. The van der Waals surface area contributed by atoms with Gasteiger partial charge in [-0.25, -0.2) is 0 Å². The van der Waals surface area contributed by atoms with Crippen LogP contribution in [0.25, 0.3) is 0 Å². The van der Waals surface area contributed by atoms with Crippen LogP contribution in [0.15, 0.2) is 11.8 Å². The molecule has 0 aliphatic heterocycles. The van der Waals surface area contributed by atoms with Gasteiger partial charge >= 0.3 is 6.18 Å². The van der Waals surface area contributed by atoms with E-state index in [1.54, 1.807) is 0 Å². The molecule has 0 radical (unpaired) electrons. The van der Waals surface area contributed by atoms with Gasteiger partial charge < -0.3 is 5.73 Å². The first-order valence-corrected chi connectivity index (χ1v) is 3.45. The lowest BCUT2D eigenvalue weighted by Gasteiger charge is -2.22. The van der Waals surface area contributed by atoms with E-state index in [1.807, 2.05) is 0 Å². The molecule has 0 saturated heterocycles. The predicted molar refractivity (Wildman–Crippen MR) is 36.1 cm³/mol. The Morgan fingerprint density at radius 3 is 2.42 bits per heavy atom. The molecule has 0 spiro atoms. The first kappa shape index (κ1) is 9.09. The van der Waals surface area contributed by atoms with Crippen molar-refractivity contribution in [3.05, 3.63) is 11.8 Å². The number of ketones is 1. The van der Waals surface area contributed by atoms with Gasteiger partial charge in [-0.3, -0.25) is 4.79 Å². The molecule has 68 valence electrons. The maximum atomic E-state index is 12.1. The van der Waals surface area contributed by atoms with E-state index in [9.17, 15) is 18.0 Å². The molecule has 0 aromatic heterocycles. The zero-order valence-corrected chi connectivity index (χ0v) is 6.19. The van der Waals surface area contributed by atoms with Crippen molar-refractivity contribution in [1.82, 2.24) is 0 Å². The van der Waals surface area contributed by atoms with Gasteiger partial charge in [0.15, 0.2) is 5.78 Å². The predicted octanol–water partition coefficient (Wildman–Crippen LogP) is 1.37. The second-order valence-electron chi connectivity index (χ2n) is 2.83. The number of hydrogen-bond donors (Lipinski definition) is 1. The number of alkyl halides is 3. The summed E-state index contributed by atoms with van der Waals surface area (Å²) in [5.41, 5.74) is 5.17. The highest BCUT2D eigenvalue weighted by molar-refractivity contribution is 5.91. The van der Waals surface area contributed by atoms with Crippen LogP contribution in [0.5, 0.6) is 0 Å². The Morgan fingerprint density at radius 2 is 2.00 bits per heavy atom. The highest BCUT2D eigenvalue weighted by Gasteiger charge is 2.42. The molecule has 12 heavy (non-hydrogen) atoms. The molecule has 5 heteroatoms. The fraction of sp³-hybridized carbons (Fsp3) is 0.571. The highest BCUT2D eigenvalue weighted by Crippen LogP contribution is 2.35. The van der Waals surface area contributed by atoms with Crippen molar-refractivity contribution < 1.29 is 18.0 Å². The average molecular weight is 179 g/mol. The monoisotopic (exact) mass is 179 g/mol. The van der Waals surface area contributed by atoms with Crippen LogP contribution in [-0.2, 0) is 4.79 Å². The molecule has 0 saturated carbocycles. The van der Waals surface area contributed by atoms with Crippen molar-refractivity contribution in [2.45, 2.75) is 19.0 Å². The molecule has 1 aliphatic carbocycles. The van der Waals surface area contributed by atoms with E-state index in [0.717, 1.165) is 6.08 Å². The van der Waals surface area contributed by atoms with Gasteiger partial charge in [-0.1, -0.05) is 0 Å². The number of nitrogens with two attached hydrogens (primary N) is 1. The van der Waals surface area contributed by atoms with Crippen LogP contribution in [-0.4, -0.2) is 12.0 Å². The first-order chi connectivity index (χ1) is 5.39. The minimum Gasteiger partial charge on any atom is -0.402 e. The molecule has 0 fully saturated rings. The summed E-state index contributed by atoms with van der Waals surface area (Å²) >= 11 is 0. The molecule has 0 bridgehead atoms. The Bertz CT molecular complexity index is 231. The second kappa shape index (κ2) is 2.80. The van der Waals surface area contributed by atoms with Gasteiger partial charge in [-0.15, -0.1) is 0 Å². The zero-order valence-electron chi connectivity index (χ0n) is 6.19. The number of carbonyl (C=O) groups is 1. The maximum Gasteiger partial charge on any atom is 0.392 e. The molecule has 1 unspecified atom stereocenters. The van der Waals surface area contributed by atoms with Gasteiger partial charge in [0.2, 0.25) is 0 Å². The molecule has 2 nitrogen and oxygen atoms in total. The normalized spacial score (nSPS) is 25.4. The molecule has 1 atom stereocenters. The van der Waals surface area contributed by atoms with E-state index in [-0.39, 0.29) is 12.1 Å². The molecule has 0 aromatic rings. The molecular formula is C7H8F3NO. The summed E-state index contributed by atoms with van der Waals surface area (Å²) in [4.78, 5) is 10.7. The topological polar surface area (TPSA) is 43.1 Å². The largest absolute Gasteiger partial charge is 0.402 e. The van der Waals surface area contributed by atoms with Crippen molar-refractivity contribution in [2.75, 3.05) is 0 Å². The smallest absolute Gasteiger partial charge is 0.392 e. The van der Waals surface area contributed by atoms with Crippen LogP contribution in [0.4, 0.5) is 13.2 Å². The summed E-state index contributed by atoms with van der Waals surface area (Å²) in [6, 6.07) is 0. The van der Waals surface area contributed by atoms with E-state index in [4.69, 9.17) is 5.73 Å². The summed E-state index contributed by atoms with van der Waals surface area (Å²) in [6.07, 6.45) is -3.96. The third-order valence-corrected chi connectivity index (χ3v) is 1.74. The minimum absolute atomic E-state index is 0.0218. The van der Waals surface area contributed by atoms with Crippen LogP contribution in [0, 0.1) is 5.92 Å². The van der Waals surface area contributed by atoms with E-state index < -0.39 is 24.3 Å². The molecule has 1 rings (SSSR count). The molecule has 1 aliphatic rings. The molecule has 0 heterocycles. The van der Waals surface area contributed by atoms with E-state index in [2.05, 4.69) is 0 Å². The van der Waals surface area contributed by atoms with Crippen LogP contribution >= 0.6 is 0 Å². The van der Waals surface area contributed by atoms with Crippen LogP contribution in [0.1, 0.15) is 12.8 Å². The van der Waals surface area contributed by atoms with Crippen molar-refractivity contribution in [3.63, 3.8) is 0 Å². The highest BCUT2D eigenvalue weighted by atomic mass is 19.4. The average Bonchev–Trinajstić information content (AvgIpc) is 1.82. The second-order valence-corrected chi connectivity index (χ2v) is 2.83. The first-order valence-electron chi connectivity index (χ1n) is 3.45. The number of halogens is 3. The lowest BCUT2D eigenvalue weighted by Crippen LogP contribution is -2.30. The quantitative estimate of drug-likeness (QED) is 0.610. The van der Waals surface area contributed by atoms with Gasteiger partial charge in [-0.05, 0) is 12.5 Å². The van der Waals surface area contributed by atoms with Crippen LogP contribution < -0.4 is 5.73 Å². The summed E-state index contributed by atoms with van der Waals surface area (Å²) < 4.78 is 36.2. The SMILES string of the molecule is NC1=CC(=O)CC(C(F)(F)F)C1. The summed E-state index contributed by atoms with van der Waals surface area (Å²) in [7, 11) is 0. The Kier molecular flexibility index (Phi) is 2.12. The minimum atomic E-state index is -4.31. The standard InChI is InChI=1S/C7H8F3NO/c8-7(9,10)4-1-5(11)3-6(12)2-4/h3-4H,1-2,11H2. The van der Waals surface area contributed by atoms with E-state index >= 15 is 0 Å². The number of rotatable bonds is 0. The fourth-order valence-corrected chi connectivity index (χ4v) is 1.16. The fourth-order valence-electron chi connectivity index (χ4n) is 1.16. The van der Waals surface area contributed by atoms with Gasteiger partial charge in [-0.2, -0.15) is 13.2 Å². The van der Waals surface area contributed by atoms with Gasteiger partial charge in [0.25, 0.3) is 0 Å². The third-order valence-electron chi connectivity index (χ3n) is 1.74. The van der Waals surface area contributed by atoms with Crippen LogP contribution in [0.2, 0.25) is 0 Å². The lowest BCUT2D eigenvalue weighted by atomic mass is 9.91. The van der Waals surface area contributed by atoms with E-state index in [1.165, 1.54) is 0 Å². The third kappa shape index (κ3) is 1.99. The van der Waals surface area contributed by atoms with Crippen molar-refractivity contribution in [2.24, 2.45) is 11.7 Å². The molecule has 0 aromatic carbocycles. The zero-order chi connectivity index (χ0) is 9.35. The number of carbonyl (C=O) groups excluding carboxylic acids is 1. The Hall–Kier alpha value is -1.00. The van der Waals surface area contributed by atoms with Crippen molar-refractivity contribution >= 4 is 5.78 Å².